The van der Waals surface area contributed by atoms with Gasteiger partial charge in [-0.3, -0.25) is 0 Å². The number of fused-ring (bicyclic) bond motifs is 1. The molecule has 1 aromatic carbocycles. The van der Waals surface area contributed by atoms with Crippen molar-refractivity contribution in [1.29, 1.82) is 0 Å². The maximum Gasteiger partial charge on any atom is 0.0709 e. The van der Waals surface area contributed by atoms with E-state index in [9.17, 15) is 0 Å². The van der Waals surface area contributed by atoms with E-state index in [-0.39, 0.29) is 0 Å². The molecule has 0 saturated carbocycles. The zero-order valence-corrected chi connectivity index (χ0v) is 7.64. The number of aromatic nitrogens is 1. The average molecular weight is 179 g/mol. The van der Waals surface area contributed by atoms with Gasteiger partial charge in [0.1, 0.15) is 0 Å². The van der Waals surface area contributed by atoms with Crippen LogP contribution in [0.5, 0.6) is 0 Å². The molecule has 1 nitrogen and oxygen atoms in total. The first-order chi connectivity index (χ1) is 6.90. The minimum Gasteiger partial charge on any atom is -0.248 e. The molecule has 0 bridgehead atoms. The molecule has 0 N–H and O–H groups in total. The van der Waals surface area contributed by atoms with E-state index >= 15 is 0 Å². The fourth-order valence-electron chi connectivity index (χ4n) is 1.31. The van der Waals surface area contributed by atoms with Crippen LogP contribution in [0.1, 0.15) is 5.69 Å². The lowest BCUT2D eigenvalue weighted by molar-refractivity contribution is 1.37. The number of nitrogens with zero attached hydrogens (tertiary/aromatic N) is 1. The smallest absolute Gasteiger partial charge is 0.0709 e. The molecule has 1 aromatic heterocycles. The molecule has 0 aliphatic rings. The van der Waals surface area contributed by atoms with E-state index in [4.69, 9.17) is 6.42 Å². The van der Waals surface area contributed by atoms with Gasteiger partial charge < -0.3 is 0 Å². The first-order valence-electron chi connectivity index (χ1n) is 4.38. The van der Waals surface area contributed by atoms with E-state index in [1.807, 2.05) is 42.5 Å². The van der Waals surface area contributed by atoms with Crippen molar-refractivity contribution in [2.45, 2.75) is 0 Å². The average Bonchev–Trinajstić information content (AvgIpc) is 2.26. The van der Waals surface area contributed by atoms with Crippen LogP contribution in [0.15, 0.2) is 42.5 Å². The van der Waals surface area contributed by atoms with Gasteiger partial charge in [-0.1, -0.05) is 30.2 Å². The molecule has 0 spiro atoms. The van der Waals surface area contributed by atoms with Crippen molar-refractivity contribution in [3.05, 3.63) is 48.2 Å². The molecule has 0 amide bonds. The Hall–Kier alpha value is -2.07. The van der Waals surface area contributed by atoms with Crippen LogP contribution >= 0.6 is 0 Å². The standard InChI is InChI=1S/C13H9N/c1-2-3-7-12-10-9-11-6-4-5-8-13(11)14-12/h1,3-10H. The van der Waals surface area contributed by atoms with Gasteiger partial charge in [0.15, 0.2) is 0 Å². The molecule has 2 rings (SSSR count). The third-order valence-electron chi connectivity index (χ3n) is 1.97. The Bertz CT molecular complexity index is 518. The molecule has 0 aliphatic heterocycles. The minimum absolute atomic E-state index is 0.890. The topological polar surface area (TPSA) is 12.9 Å². The van der Waals surface area contributed by atoms with Crippen LogP contribution < -0.4 is 0 Å². The molecule has 1 heterocycles. The number of benzene rings is 1. The third kappa shape index (κ3) is 1.65. The van der Waals surface area contributed by atoms with Gasteiger partial charge >= 0.3 is 0 Å². The maximum atomic E-state index is 5.12. The van der Waals surface area contributed by atoms with Crippen LogP contribution in [-0.4, -0.2) is 4.98 Å². The van der Waals surface area contributed by atoms with Crippen molar-refractivity contribution in [2.24, 2.45) is 0 Å². The second kappa shape index (κ2) is 3.76. The Morgan fingerprint density at radius 1 is 1.14 bits per heavy atom. The van der Waals surface area contributed by atoms with Gasteiger partial charge in [-0.15, -0.1) is 6.42 Å². The molecular formula is C13H9N. The predicted molar refractivity (Wildman–Crippen MR) is 59.6 cm³/mol. The lowest BCUT2D eigenvalue weighted by atomic mass is 10.2. The molecule has 0 radical (unpaired) electrons. The van der Waals surface area contributed by atoms with Crippen molar-refractivity contribution in [1.82, 2.24) is 4.98 Å². The van der Waals surface area contributed by atoms with Gasteiger partial charge in [-0.25, -0.2) is 4.98 Å². The quantitative estimate of drug-likeness (QED) is 0.613. The van der Waals surface area contributed by atoms with Gasteiger partial charge in [0.05, 0.1) is 11.2 Å². The Labute approximate surface area is 83.1 Å². The lowest BCUT2D eigenvalue weighted by Crippen LogP contribution is -1.81. The lowest BCUT2D eigenvalue weighted by Gasteiger charge is -1.97. The summed E-state index contributed by atoms with van der Waals surface area (Å²) < 4.78 is 0. The van der Waals surface area contributed by atoms with Crippen LogP contribution in [0, 0.1) is 12.3 Å². The summed E-state index contributed by atoms with van der Waals surface area (Å²) >= 11 is 0. The van der Waals surface area contributed by atoms with Gasteiger partial charge in [-0.2, -0.15) is 0 Å². The monoisotopic (exact) mass is 179 g/mol. The van der Waals surface area contributed by atoms with E-state index in [2.05, 4.69) is 10.9 Å². The van der Waals surface area contributed by atoms with Crippen LogP contribution in [0.3, 0.4) is 0 Å². The van der Waals surface area contributed by atoms with E-state index in [0.717, 1.165) is 16.6 Å². The van der Waals surface area contributed by atoms with Gasteiger partial charge in [0, 0.05) is 5.39 Å². The predicted octanol–water partition coefficient (Wildman–Crippen LogP) is 2.88. The molecule has 1 heteroatoms. The first-order valence-corrected chi connectivity index (χ1v) is 4.38. The molecule has 0 atom stereocenters. The van der Waals surface area contributed by atoms with Gasteiger partial charge in [-0.05, 0) is 24.3 Å². The Morgan fingerprint density at radius 3 is 2.86 bits per heavy atom. The highest BCUT2D eigenvalue weighted by molar-refractivity contribution is 5.79. The van der Waals surface area contributed by atoms with Crippen molar-refractivity contribution in [2.75, 3.05) is 0 Å². The maximum absolute atomic E-state index is 5.12. The summed E-state index contributed by atoms with van der Waals surface area (Å²) in [5, 5.41) is 1.14. The summed E-state index contributed by atoms with van der Waals surface area (Å²) in [5.41, 5.74) is 1.88. The number of hydrogen-bond acceptors (Lipinski definition) is 1. The van der Waals surface area contributed by atoms with Crippen LogP contribution in [-0.2, 0) is 0 Å². The fourth-order valence-corrected chi connectivity index (χ4v) is 1.31. The van der Waals surface area contributed by atoms with Gasteiger partial charge in [0.25, 0.3) is 0 Å². The SMILES string of the molecule is C#CC=Cc1ccc2ccccc2n1. The summed E-state index contributed by atoms with van der Waals surface area (Å²) in [5.74, 6) is 2.44. The molecule has 0 aliphatic carbocycles. The highest BCUT2D eigenvalue weighted by Gasteiger charge is 1.93. The van der Waals surface area contributed by atoms with E-state index in [0.29, 0.717) is 0 Å². The molecule has 0 saturated heterocycles. The highest BCUT2D eigenvalue weighted by Crippen LogP contribution is 2.12. The van der Waals surface area contributed by atoms with Crippen molar-refractivity contribution in [3.8, 4) is 12.3 Å². The Balaban J connectivity index is 2.52. The third-order valence-corrected chi connectivity index (χ3v) is 1.97. The van der Waals surface area contributed by atoms with Gasteiger partial charge in [0.2, 0.25) is 0 Å². The molecule has 0 unspecified atom stereocenters. The van der Waals surface area contributed by atoms with Crippen LogP contribution in [0.25, 0.3) is 17.0 Å². The highest BCUT2D eigenvalue weighted by atomic mass is 14.7. The van der Waals surface area contributed by atoms with Crippen LogP contribution in [0.4, 0.5) is 0 Å². The minimum atomic E-state index is 0.890. The molecule has 0 fully saturated rings. The molecular weight excluding hydrogens is 170 g/mol. The van der Waals surface area contributed by atoms with Crippen LogP contribution in [0.2, 0.25) is 0 Å². The van der Waals surface area contributed by atoms with Crippen molar-refractivity contribution >= 4 is 17.0 Å². The summed E-state index contributed by atoms with van der Waals surface area (Å²) in [6.45, 7) is 0. The Kier molecular flexibility index (Phi) is 2.29. The summed E-state index contributed by atoms with van der Waals surface area (Å²) in [6, 6.07) is 12.0. The Morgan fingerprint density at radius 2 is 2.00 bits per heavy atom. The summed E-state index contributed by atoms with van der Waals surface area (Å²) in [4.78, 5) is 4.43. The number of terminal acetylenes is 1. The zero-order chi connectivity index (χ0) is 9.80. The molecule has 14 heavy (non-hydrogen) atoms. The van der Waals surface area contributed by atoms with Crippen molar-refractivity contribution in [3.63, 3.8) is 0 Å². The summed E-state index contributed by atoms with van der Waals surface area (Å²) in [6.07, 6.45) is 8.60. The molecule has 66 valence electrons. The number of allylic oxidation sites excluding steroid dienone is 1. The van der Waals surface area contributed by atoms with E-state index in [1.165, 1.54) is 0 Å². The molecule has 2 aromatic rings. The second-order valence-corrected chi connectivity index (χ2v) is 2.93. The second-order valence-electron chi connectivity index (χ2n) is 2.93. The number of pyridine rings is 1. The van der Waals surface area contributed by atoms with E-state index < -0.39 is 0 Å². The summed E-state index contributed by atoms with van der Waals surface area (Å²) in [7, 11) is 0. The fraction of sp³-hybridized carbons (Fsp3) is 0. The number of hydrogen-bond donors (Lipinski definition) is 0. The number of para-hydroxylation sites is 1. The largest absolute Gasteiger partial charge is 0.248 e. The van der Waals surface area contributed by atoms with E-state index in [1.54, 1.807) is 6.08 Å². The first kappa shape index (κ1) is 8.52. The normalized spacial score (nSPS) is 10.5. The number of rotatable bonds is 1. The zero-order valence-electron chi connectivity index (χ0n) is 7.64. The van der Waals surface area contributed by atoms with Crippen molar-refractivity contribution < 1.29 is 0 Å².